The van der Waals surface area contributed by atoms with Crippen LogP contribution in [0.1, 0.15) is 26.7 Å². The van der Waals surface area contributed by atoms with Crippen molar-refractivity contribution in [3.63, 3.8) is 0 Å². The summed E-state index contributed by atoms with van der Waals surface area (Å²) in [4.78, 5) is 22.0. The van der Waals surface area contributed by atoms with Crippen LogP contribution in [-0.4, -0.2) is 36.4 Å². The minimum absolute atomic E-state index is 0.0192. The molecule has 0 aromatic heterocycles. The average molecular weight is 232 g/mol. The van der Waals surface area contributed by atoms with E-state index in [0.717, 1.165) is 11.5 Å². The first kappa shape index (κ1) is 14.3. The van der Waals surface area contributed by atoms with Crippen LogP contribution in [0.15, 0.2) is 0 Å². The molecule has 0 aliphatic rings. The third kappa shape index (κ3) is 9.59. The predicted octanol–water partition coefficient (Wildman–Crippen LogP) is 0.772. The van der Waals surface area contributed by atoms with Gasteiger partial charge in [0.1, 0.15) is 0 Å². The summed E-state index contributed by atoms with van der Waals surface area (Å²) in [6.07, 6.45) is 1.04. The Labute approximate surface area is 95.6 Å². The highest BCUT2D eigenvalue weighted by atomic mass is 32.2. The van der Waals surface area contributed by atoms with Crippen LogP contribution in [0.2, 0.25) is 0 Å². The van der Waals surface area contributed by atoms with E-state index < -0.39 is 0 Å². The monoisotopic (exact) mass is 232 g/mol. The van der Waals surface area contributed by atoms with Crippen molar-refractivity contribution in [2.45, 2.75) is 26.7 Å². The van der Waals surface area contributed by atoms with E-state index in [-0.39, 0.29) is 11.8 Å². The fourth-order valence-electron chi connectivity index (χ4n) is 0.926. The van der Waals surface area contributed by atoms with E-state index in [1.54, 1.807) is 18.7 Å². The highest BCUT2D eigenvalue weighted by Crippen LogP contribution is 1.99. The van der Waals surface area contributed by atoms with Gasteiger partial charge in [0, 0.05) is 31.7 Å². The molecule has 2 N–H and O–H groups in total. The number of carbonyl (C=O) groups excluding carboxylic acids is 2. The van der Waals surface area contributed by atoms with E-state index in [9.17, 15) is 9.59 Å². The van der Waals surface area contributed by atoms with Crippen molar-refractivity contribution in [2.24, 2.45) is 0 Å². The smallest absolute Gasteiger partial charge is 0.220 e. The molecule has 0 aliphatic carbocycles. The van der Waals surface area contributed by atoms with Crippen LogP contribution in [-0.2, 0) is 9.59 Å². The van der Waals surface area contributed by atoms with Gasteiger partial charge in [0.15, 0.2) is 0 Å². The number of amides is 2. The topological polar surface area (TPSA) is 58.2 Å². The van der Waals surface area contributed by atoms with Crippen LogP contribution in [0, 0.1) is 0 Å². The van der Waals surface area contributed by atoms with E-state index in [0.29, 0.717) is 25.9 Å². The molecule has 0 saturated heterocycles. The molecule has 0 aromatic carbocycles. The molecular weight excluding hydrogens is 212 g/mol. The molecule has 0 unspecified atom stereocenters. The molecule has 0 aromatic rings. The Morgan fingerprint density at radius 1 is 1.07 bits per heavy atom. The summed E-state index contributed by atoms with van der Waals surface area (Å²) < 4.78 is 0. The largest absolute Gasteiger partial charge is 0.354 e. The second kappa shape index (κ2) is 9.83. The molecule has 0 aliphatic heterocycles. The van der Waals surface area contributed by atoms with Gasteiger partial charge in [-0.3, -0.25) is 9.59 Å². The lowest BCUT2D eigenvalue weighted by Crippen LogP contribution is -2.34. The second-order valence-corrected chi connectivity index (χ2v) is 4.39. The summed E-state index contributed by atoms with van der Waals surface area (Å²) in [6.45, 7) is 4.90. The Bertz CT molecular complexity index is 198. The zero-order chi connectivity index (χ0) is 11.5. The molecule has 0 spiro atoms. The van der Waals surface area contributed by atoms with Crippen LogP contribution >= 0.6 is 11.8 Å². The zero-order valence-electron chi connectivity index (χ0n) is 9.47. The Kier molecular flexibility index (Phi) is 9.36. The summed E-state index contributed by atoms with van der Waals surface area (Å²) in [5, 5.41) is 5.45. The number of hydrogen-bond acceptors (Lipinski definition) is 3. The van der Waals surface area contributed by atoms with Crippen molar-refractivity contribution in [1.29, 1.82) is 0 Å². The fourth-order valence-corrected chi connectivity index (χ4v) is 1.54. The molecular formula is C10H20N2O2S. The maximum Gasteiger partial charge on any atom is 0.220 e. The predicted molar refractivity (Wildman–Crippen MR) is 63.9 cm³/mol. The van der Waals surface area contributed by atoms with Gasteiger partial charge in [-0.25, -0.2) is 0 Å². The molecule has 0 heterocycles. The summed E-state index contributed by atoms with van der Waals surface area (Å²) >= 11 is 1.75. The Morgan fingerprint density at radius 2 is 1.67 bits per heavy atom. The first-order valence-electron chi connectivity index (χ1n) is 5.31. The van der Waals surface area contributed by atoms with Crippen molar-refractivity contribution < 1.29 is 9.59 Å². The summed E-state index contributed by atoms with van der Waals surface area (Å²) in [5.74, 6) is 1.98. The van der Waals surface area contributed by atoms with Gasteiger partial charge in [-0.2, -0.15) is 11.8 Å². The minimum Gasteiger partial charge on any atom is -0.354 e. The molecule has 0 bridgehead atoms. The molecule has 0 atom stereocenters. The molecule has 88 valence electrons. The molecule has 0 saturated carbocycles. The van der Waals surface area contributed by atoms with Gasteiger partial charge >= 0.3 is 0 Å². The van der Waals surface area contributed by atoms with Gasteiger partial charge in [-0.1, -0.05) is 13.8 Å². The quantitative estimate of drug-likeness (QED) is 0.608. The zero-order valence-corrected chi connectivity index (χ0v) is 10.3. The van der Waals surface area contributed by atoms with Gasteiger partial charge < -0.3 is 10.6 Å². The molecule has 0 rings (SSSR count). The maximum atomic E-state index is 11.2. The minimum atomic E-state index is 0.0192. The molecule has 4 nitrogen and oxygen atoms in total. The third-order valence-electron chi connectivity index (χ3n) is 1.77. The normalized spacial score (nSPS) is 9.73. The lowest BCUT2D eigenvalue weighted by Gasteiger charge is -2.05. The third-order valence-corrected chi connectivity index (χ3v) is 2.67. The van der Waals surface area contributed by atoms with Crippen LogP contribution < -0.4 is 10.6 Å². The van der Waals surface area contributed by atoms with Crippen molar-refractivity contribution in [2.75, 3.05) is 24.6 Å². The second-order valence-electron chi connectivity index (χ2n) is 3.00. The van der Waals surface area contributed by atoms with E-state index >= 15 is 0 Å². The average Bonchev–Trinajstić information content (AvgIpc) is 2.24. The lowest BCUT2D eigenvalue weighted by atomic mass is 10.4. The lowest BCUT2D eigenvalue weighted by molar-refractivity contribution is -0.122. The summed E-state index contributed by atoms with van der Waals surface area (Å²) in [6, 6.07) is 0. The van der Waals surface area contributed by atoms with Crippen LogP contribution in [0.3, 0.4) is 0 Å². The Hall–Kier alpha value is -0.710. The summed E-state index contributed by atoms with van der Waals surface area (Å²) in [7, 11) is 0. The van der Waals surface area contributed by atoms with Crippen molar-refractivity contribution in [3.05, 3.63) is 0 Å². The number of hydrogen-bond donors (Lipinski definition) is 2. The van der Waals surface area contributed by atoms with Gasteiger partial charge in [0.25, 0.3) is 0 Å². The van der Waals surface area contributed by atoms with Gasteiger partial charge in [0.2, 0.25) is 11.8 Å². The Balaban J connectivity index is 3.27. The van der Waals surface area contributed by atoms with Crippen molar-refractivity contribution >= 4 is 23.6 Å². The van der Waals surface area contributed by atoms with Gasteiger partial charge in [-0.15, -0.1) is 0 Å². The first-order valence-corrected chi connectivity index (χ1v) is 6.47. The fraction of sp³-hybridized carbons (Fsp3) is 0.800. The van der Waals surface area contributed by atoms with Crippen LogP contribution in [0.25, 0.3) is 0 Å². The number of carbonyl (C=O) groups is 2. The molecule has 5 heteroatoms. The van der Waals surface area contributed by atoms with E-state index in [1.807, 2.05) is 0 Å². The number of thioether (sulfide) groups is 1. The summed E-state index contributed by atoms with van der Waals surface area (Å²) in [5.41, 5.74) is 0. The van der Waals surface area contributed by atoms with Gasteiger partial charge in [0.05, 0.1) is 0 Å². The van der Waals surface area contributed by atoms with E-state index in [4.69, 9.17) is 0 Å². The first-order chi connectivity index (χ1) is 7.20. The number of rotatable bonds is 8. The SMILES string of the molecule is CCSCCC(=O)NCCNC(=O)CC. The van der Waals surface area contributed by atoms with Gasteiger partial charge in [-0.05, 0) is 5.75 Å². The molecule has 0 radical (unpaired) electrons. The number of nitrogens with one attached hydrogen (secondary N) is 2. The maximum absolute atomic E-state index is 11.2. The van der Waals surface area contributed by atoms with Crippen LogP contribution in [0.4, 0.5) is 0 Å². The van der Waals surface area contributed by atoms with E-state index in [2.05, 4.69) is 17.6 Å². The Morgan fingerprint density at radius 3 is 2.20 bits per heavy atom. The van der Waals surface area contributed by atoms with Crippen molar-refractivity contribution in [1.82, 2.24) is 10.6 Å². The molecule has 2 amide bonds. The molecule has 0 fully saturated rings. The molecule has 15 heavy (non-hydrogen) atoms. The van der Waals surface area contributed by atoms with Crippen LogP contribution in [0.5, 0.6) is 0 Å². The standard InChI is InChI=1S/C10H20N2O2S/c1-3-9(13)11-6-7-12-10(14)5-8-15-4-2/h3-8H2,1-2H3,(H,11,13)(H,12,14). The van der Waals surface area contributed by atoms with E-state index in [1.165, 1.54) is 0 Å². The highest BCUT2D eigenvalue weighted by molar-refractivity contribution is 7.99. The highest BCUT2D eigenvalue weighted by Gasteiger charge is 2.00. The van der Waals surface area contributed by atoms with Crippen molar-refractivity contribution in [3.8, 4) is 0 Å².